The Morgan fingerprint density at radius 2 is 1.74 bits per heavy atom. The lowest BCUT2D eigenvalue weighted by Gasteiger charge is -2.38. The van der Waals surface area contributed by atoms with E-state index in [-0.39, 0.29) is 24.9 Å². The molecule has 0 saturated carbocycles. The number of hydrogen-bond acceptors (Lipinski definition) is 6. The molecule has 1 N–H and O–H groups in total. The van der Waals surface area contributed by atoms with E-state index in [0.717, 1.165) is 5.39 Å². The van der Waals surface area contributed by atoms with Crippen LogP contribution in [0.4, 0.5) is 22.0 Å². The first kappa shape index (κ1) is 27.5. The summed E-state index contributed by atoms with van der Waals surface area (Å²) in [5.74, 6) is -5.83. The number of carbonyl (C=O) groups is 2. The summed E-state index contributed by atoms with van der Waals surface area (Å²) in [6.07, 6.45) is -4.20. The van der Waals surface area contributed by atoms with Crippen molar-refractivity contribution in [3.8, 4) is 17.3 Å². The highest BCUT2D eigenvalue weighted by Gasteiger charge is 2.47. The summed E-state index contributed by atoms with van der Waals surface area (Å²) in [5, 5.41) is 8.01. The molecule has 5 rings (SSSR count). The van der Waals surface area contributed by atoms with Crippen molar-refractivity contribution in [3.63, 3.8) is 0 Å². The molecule has 1 aliphatic rings. The van der Waals surface area contributed by atoms with Crippen LogP contribution in [0.25, 0.3) is 22.4 Å². The molecule has 1 amide bonds. The van der Waals surface area contributed by atoms with Gasteiger partial charge in [-0.05, 0) is 24.3 Å². The quantitative estimate of drug-likeness (QED) is 0.338. The molecule has 39 heavy (non-hydrogen) atoms. The minimum atomic E-state index is -5.08. The topological polar surface area (TPSA) is 106 Å². The minimum Gasteiger partial charge on any atom is -0.475 e. The number of likely N-dealkylation sites (tertiary alicyclic amines) is 1. The molecule has 204 valence electrons. The van der Waals surface area contributed by atoms with Crippen LogP contribution in [0, 0.1) is 0 Å². The Bertz CT molecular complexity index is 1460. The maximum atomic E-state index is 14.7. The number of rotatable bonds is 4. The van der Waals surface area contributed by atoms with Gasteiger partial charge in [-0.15, -0.1) is 0 Å². The van der Waals surface area contributed by atoms with Gasteiger partial charge in [0.2, 0.25) is 11.8 Å². The second-order valence-electron chi connectivity index (χ2n) is 8.40. The molecular weight excluding hydrogens is 529 g/mol. The fourth-order valence-electron chi connectivity index (χ4n) is 3.82. The average Bonchev–Trinajstić information content (AvgIpc) is 3.44. The number of oxazole rings is 1. The molecule has 0 radical (unpaired) electrons. The van der Waals surface area contributed by atoms with Crippen molar-refractivity contribution in [1.29, 1.82) is 0 Å². The number of alkyl halides is 5. The first-order valence-electron chi connectivity index (χ1n) is 11.4. The number of hydrogen-bond donors (Lipinski definition) is 1. The maximum absolute atomic E-state index is 14.7. The first-order valence-corrected chi connectivity index (χ1v) is 11.4. The van der Waals surface area contributed by atoms with E-state index in [1.165, 1.54) is 17.4 Å². The van der Waals surface area contributed by atoms with E-state index < -0.39 is 30.6 Å². The molecular formula is C26H20F5N3O5. The van der Waals surface area contributed by atoms with Crippen molar-refractivity contribution < 1.29 is 45.8 Å². The minimum absolute atomic E-state index is 0.0865. The number of piperidine rings is 1. The molecule has 0 spiro atoms. The summed E-state index contributed by atoms with van der Waals surface area (Å²) in [6, 6.07) is 17.5. The highest BCUT2D eigenvalue weighted by Crippen LogP contribution is 2.33. The number of para-hydroxylation sites is 1. The number of benzene rings is 2. The number of pyridine rings is 1. The Balaban J connectivity index is 0.000000448. The third-order valence-electron chi connectivity index (χ3n) is 5.76. The molecule has 0 aliphatic carbocycles. The lowest BCUT2D eigenvalue weighted by atomic mass is 10.0. The Hall–Kier alpha value is -4.55. The smallest absolute Gasteiger partial charge is 0.475 e. The number of aliphatic carboxylic acids is 1. The predicted octanol–water partition coefficient (Wildman–Crippen LogP) is 5.45. The number of nitrogens with zero attached hydrogens (tertiary/aromatic N) is 3. The van der Waals surface area contributed by atoms with Gasteiger partial charge >= 0.3 is 12.1 Å². The lowest BCUT2D eigenvalue weighted by molar-refractivity contribution is -0.192. The van der Waals surface area contributed by atoms with E-state index in [4.69, 9.17) is 19.1 Å². The van der Waals surface area contributed by atoms with E-state index in [9.17, 15) is 26.7 Å². The summed E-state index contributed by atoms with van der Waals surface area (Å²) in [5.41, 5.74) is 1.49. The zero-order valence-corrected chi connectivity index (χ0v) is 19.9. The lowest BCUT2D eigenvalue weighted by Crippen LogP contribution is -2.55. The third kappa shape index (κ3) is 6.48. The van der Waals surface area contributed by atoms with Gasteiger partial charge in [-0.25, -0.2) is 23.5 Å². The Kier molecular flexibility index (Phi) is 7.79. The molecule has 4 aromatic rings. The van der Waals surface area contributed by atoms with Crippen LogP contribution in [-0.2, 0) is 4.79 Å². The normalized spacial score (nSPS) is 16.7. The Labute approximate surface area is 217 Å². The molecule has 0 bridgehead atoms. The van der Waals surface area contributed by atoms with E-state index in [2.05, 4.69) is 9.97 Å². The average molecular weight is 549 g/mol. The molecule has 1 atom stereocenters. The second kappa shape index (κ2) is 11.1. The van der Waals surface area contributed by atoms with Crippen LogP contribution in [0.15, 0.2) is 77.5 Å². The molecule has 1 fully saturated rings. The number of aromatic nitrogens is 2. The van der Waals surface area contributed by atoms with Crippen molar-refractivity contribution in [2.45, 2.75) is 24.6 Å². The van der Waals surface area contributed by atoms with Gasteiger partial charge in [0.05, 0.1) is 23.8 Å². The zero-order chi connectivity index (χ0) is 28.2. The summed E-state index contributed by atoms with van der Waals surface area (Å²) in [7, 11) is 0. The standard InChI is InChI=1S/C24H19F2N3O3.C2HF3O2/c25-24(26)11-13-29(23(30)18-7-3-2-6-17(18)22-27-12-14-31-22)15-20(24)32-21-10-9-16-5-1-4-8-19(16)28-21;3-2(4,5)1(6)7/h1-10,12,14,20H,11,13,15H2;(H,6,7). The zero-order valence-electron chi connectivity index (χ0n) is 19.9. The molecule has 8 nitrogen and oxygen atoms in total. The fraction of sp³-hybridized carbons (Fsp3) is 0.231. The van der Waals surface area contributed by atoms with Gasteiger partial charge in [0.25, 0.3) is 11.8 Å². The summed E-state index contributed by atoms with van der Waals surface area (Å²) in [4.78, 5) is 31.9. The van der Waals surface area contributed by atoms with Gasteiger partial charge in [-0.1, -0.05) is 30.3 Å². The number of halogens is 5. The van der Waals surface area contributed by atoms with Gasteiger partial charge in [-0.3, -0.25) is 4.79 Å². The molecule has 1 unspecified atom stereocenters. The second-order valence-corrected chi connectivity index (χ2v) is 8.40. The van der Waals surface area contributed by atoms with Gasteiger partial charge in [0.15, 0.2) is 6.10 Å². The molecule has 3 heterocycles. The van der Waals surface area contributed by atoms with Crippen LogP contribution in [-0.4, -0.2) is 63.1 Å². The number of fused-ring (bicyclic) bond motifs is 1. The highest BCUT2D eigenvalue weighted by atomic mass is 19.4. The fourth-order valence-corrected chi connectivity index (χ4v) is 3.82. The van der Waals surface area contributed by atoms with Crippen LogP contribution in [0.3, 0.4) is 0 Å². The van der Waals surface area contributed by atoms with E-state index in [1.807, 2.05) is 18.2 Å². The summed E-state index contributed by atoms with van der Waals surface area (Å²) < 4.78 is 72.1. The van der Waals surface area contributed by atoms with Crippen molar-refractivity contribution in [1.82, 2.24) is 14.9 Å². The van der Waals surface area contributed by atoms with Gasteiger partial charge in [-0.2, -0.15) is 13.2 Å². The van der Waals surface area contributed by atoms with Crippen molar-refractivity contribution in [2.24, 2.45) is 0 Å². The SMILES string of the molecule is O=C(O)C(F)(F)F.O=C(c1ccccc1-c1ncco1)N1CCC(F)(F)C(Oc2ccc3ccccc3n2)C1. The monoisotopic (exact) mass is 549 g/mol. The molecule has 1 saturated heterocycles. The molecule has 2 aromatic carbocycles. The molecule has 13 heteroatoms. The van der Waals surface area contributed by atoms with E-state index >= 15 is 0 Å². The van der Waals surface area contributed by atoms with Crippen LogP contribution >= 0.6 is 0 Å². The maximum Gasteiger partial charge on any atom is 0.490 e. The third-order valence-corrected chi connectivity index (χ3v) is 5.76. The molecule has 2 aromatic heterocycles. The van der Waals surface area contributed by atoms with Gasteiger partial charge in [0, 0.05) is 30.0 Å². The number of ether oxygens (including phenoxy) is 1. The number of carboxylic acid groups (broad SMARTS) is 1. The first-order chi connectivity index (χ1) is 18.5. The van der Waals surface area contributed by atoms with Crippen molar-refractivity contribution >= 4 is 22.8 Å². The Morgan fingerprint density at radius 1 is 1.05 bits per heavy atom. The van der Waals surface area contributed by atoms with Crippen LogP contribution in [0.2, 0.25) is 0 Å². The van der Waals surface area contributed by atoms with Gasteiger partial charge < -0.3 is 19.2 Å². The van der Waals surface area contributed by atoms with Crippen molar-refractivity contribution in [3.05, 3.63) is 78.7 Å². The van der Waals surface area contributed by atoms with Crippen LogP contribution in [0.1, 0.15) is 16.8 Å². The molecule has 1 aliphatic heterocycles. The van der Waals surface area contributed by atoms with E-state index in [1.54, 1.807) is 42.5 Å². The number of amides is 1. The number of carbonyl (C=O) groups excluding carboxylic acids is 1. The van der Waals surface area contributed by atoms with E-state index in [0.29, 0.717) is 22.5 Å². The predicted molar refractivity (Wildman–Crippen MR) is 127 cm³/mol. The summed E-state index contributed by atoms with van der Waals surface area (Å²) >= 11 is 0. The number of carboxylic acids is 1. The van der Waals surface area contributed by atoms with Gasteiger partial charge in [0.1, 0.15) is 6.26 Å². The van der Waals surface area contributed by atoms with Crippen LogP contribution in [0.5, 0.6) is 5.88 Å². The largest absolute Gasteiger partial charge is 0.490 e. The van der Waals surface area contributed by atoms with Crippen molar-refractivity contribution in [2.75, 3.05) is 13.1 Å². The van der Waals surface area contributed by atoms with Crippen LogP contribution < -0.4 is 4.74 Å². The summed E-state index contributed by atoms with van der Waals surface area (Å²) in [6.45, 7) is -0.350. The highest BCUT2D eigenvalue weighted by molar-refractivity contribution is 6.00. The Morgan fingerprint density at radius 3 is 2.44 bits per heavy atom.